The largest absolute Gasteiger partial charge is 0.385 e. The molecule has 2 rings (SSSR count). The Morgan fingerprint density at radius 2 is 1.71 bits per heavy atom. The smallest absolute Gasteiger partial charge is 0.240 e. The maximum absolute atomic E-state index is 12.0. The number of hydrogen-bond acceptors (Lipinski definition) is 3. The molecule has 1 fully saturated rings. The summed E-state index contributed by atoms with van der Waals surface area (Å²) in [4.78, 5) is 0.319. The second kappa shape index (κ2) is 7.27. The molecule has 0 saturated heterocycles. The quantitative estimate of drug-likeness (QED) is 0.847. The molecular formula is C16H26N2O2S. The van der Waals surface area contributed by atoms with E-state index in [1.54, 1.807) is 12.1 Å². The molecule has 0 unspecified atom stereocenters. The molecule has 0 aromatic heterocycles. The Hall–Kier alpha value is -1.07. The molecule has 21 heavy (non-hydrogen) atoms. The number of benzene rings is 1. The van der Waals surface area contributed by atoms with E-state index in [-0.39, 0.29) is 6.04 Å². The highest BCUT2D eigenvalue weighted by molar-refractivity contribution is 7.89. The van der Waals surface area contributed by atoms with Crippen molar-refractivity contribution in [3.8, 4) is 0 Å². The number of sulfonamides is 1. The van der Waals surface area contributed by atoms with E-state index in [1.165, 1.54) is 32.1 Å². The van der Waals surface area contributed by atoms with Crippen LogP contribution in [0.1, 0.15) is 46.0 Å². The fraction of sp³-hybridized carbons (Fsp3) is 0.625. The van der Waals surface area contributed by atoms with Gasteiger partial charge in [-0.05, 0) is 56.9 Å². The second-order valence-electron chi connectivity index (χ2n) is 6.19. The van der Waals surface area contributed by atoms with E-state index in [0.717, 1.165) is 18.2 Å². The minimum absolute atomic E-state index is 0.0981. The molecule has 0 aliphatic heterocycles. The average molecular weight is 310 g/mol. The normalized spacial score (nSPS) is 17.1. The maximum atomic E-state index is 12.0. The first-order valence-corrected chi connectivity index (χ1v) is 9.32. The van der Waals surface area contributed by atoms with Gasteiger partial charge in [-0.15, -0.1) is 0 Å². The summed E-state index contributed by atoms with van der Waals surface area (Å²) >= 11 is 0. The van der Waals surface area contributed by atoms with E-state index in [1.807, 2.05) is 26.0 Å². The third kappa shape index (κ3) is 5.00. The highest BCUT2D eigenvalue weighted by atomic mass is 32.2. The van der Waals surface area contributed by atoms with Gasteiger partial charge in [0.2, 0.25) is 10.0 Å². The van der Waals surface area contributed by atoms with Crippen molar-refractivity contribution in [1.82, 2.24) is 4.72 Å². The molecule has 0 amide bonds. The van der Waals surface area contributed by atoms with Gasteiger partial charge < -0.3 is 5.32 Å². The highest BCUT2D eigenvalue weighted by Crippen LogP contribution is 2.24. The Balaban J connectivity index is 1.92. The van der Waals surface area contributed by atoms with Crippen LogP contribution in [0.25, 0.3) is 0 Å². The molecule has 0 bridgehead atoms. The zero-order valence-corrected chi connectivity index (χ0v) is 13.7. The first-order chi connectivity index (χ1) is 9.97. The van der Waals surface area contributed by atoms with E-state index >= 15 is 0 Å². The van der Waals surface area contributed by atoms with Gasteiger partial charge in [0.25, 0.3) is 0 Å². The van der Waals surface area contributed by atoms with Crippen molar-refractivity contribution in [2.75, 3.05) is 11.9 Å². The lowest BCUT2D eigenvalue weighted by Crippen LogP contribution is -2.30. The molecule has 0 spiro atoms. The molecule has 1 aliphatic carbocycles. The topological polar surface area (TPSA) is 58.2 Å². The van der Waals surface area contributed by atoms with Gasteiger partial charge in [0, 0.05) is 18.3 Å². The number of rotatable bonds is 6. The van der Waals surface area contributed by atoms with E-state index in [9.17, 15) is 8.42 Å². The summed E-state index contributed by atoms with van der Waals surface area (Å²) in [5.41, 5.74) is 0.990. The van der Waals surface area contributed by atoms with Crippen LogP contribution >= 0.6 is 0 Å². The SMILES string of the molecule is CC(C)NS(=O)(=O)c1ccc(NCC2CCCCC2)cc1. The Labute approximate surface area is 128 Å². The van der Waals surface area contributed by atoms with E-state index in [4.69, 9.17) is 0 Å². The molecule has 0 radical (unpaired) electrons. The zero-order chi connectivity index (χ0) is 15.3. The van der Waals surface area contributed by atoms with Crippen LogP contribution in [-0.2, 0) is 10.0 Å². The van der Waals surface area contributed by atoms with Crippen LogP contribution in [0.3, 0.4) is 0 Å². The molecule has 0 heterocycles. The summed E-state index contributed by atoms with van der Waals surface area (Å²) in [6, 6.07) is 6.91. The molecule has 1 saturated carbocycles. The molecule has 4 nitrogen and oxygen atoms in total. The van der Waals surface area contributed by atoms with Gasteiger partial charge in [-0.1, -0.05) is 19.3 Å². The lowest BCUT2D eigenvalue weighted by Gasteiger charge is -2.22. The van der Waals surface area contributed by atoms with Crippen molar-refractivity contribution >= 4 is 15.7 Å². The summed E-state index contributed by atoms with van der Waals surface area (Å²) in [7, 11) is -3.39. The number of nitrogens with one attached hydrogen (secondary N) is 2. The first-order valence-electron chi connectivity index (χ1n) is 7.83. The van der Waals surface area contributed by atoms with Crippen LogP contribution in [0.15, 0.2) is 29.2 Å². The van der Waals surface area contributed by atoms with Crippen LogP contribution in [0.4, 0.5) is 5.69 Å². The van der Waals surface area contributed by atoms with Crippen molar-refractivity contribution in [2.45, 2.75) is 56.9 Å². The van der Waals surface area contributed by atoms with E-state index in [0.29, 0.717) is 4.90 Å². The molecular weight excluding hydrogens is 284 g/mol. The van der Waals surface area contributed by atoms with Gasteiger partial charge >= 0.3 is 0 Å². The number of anilines is 1. The van der Waals surface area contributed by atoms with Gasteiger partial charge in [-0.3, -0.25) is 0 Å². The standard InChI is InChI=1S/C16H26N2O2S/c1-13(2)18-21(19,20)16-10-8-15(9-11-16)17-12-14-6-4-3-5-7-14/h8-11,13-14,17-18H,3-7,12H2,1-2H3. The van der Waals surface area contributed by atoms with E-state index in [2.05, 4.69) is 10.0 Å². The molecule has 1 aliphatic rings. The van der Waals surface area contributed by atoms with Crippen molar-refractivity contribution in [1.29, 1.82) is 0 Å². The van der Waals surface area contributed by atoms with Gasteiger partial charge in [-0.2, -0.15) is 0 Å². The van der Waals surface area contributed by atoms with Crippen LogP contribution in [0, 0.1) is 5.92 Å². The number of hydrogen-bond donors (Lipinski definition) is 2. The van der Waals surface area contributed by atoms with Gasteiger partial charge in [0.15, 0.2) is 0 Å². The molecule has 118 valence electrons. The van der Waals surface area contributed by atoms with Crippen LogP contribution in [0.5, 0.6) is 0 Å². The van der Waals surface area contributed by atoms with E-state index < -0.39 is 10.0 Å². The fourth-order valence-corrected chi connectivity index (χ4v) is 4.03. The lowest BCUT2D eigenvalue weighted by atomic mass is 9.89. The van der Waals surface area contributed by atoms with Gasteiger partial charge in [-0.25, -0.2) is 13.1 Å². The molecule has 1 aromatic rings. The summed E-state index contributed by atoms with van der Waals surface area (Å²) < 4.78 is 26.6. The van der Waals surface area contributed by atoms with Crippen molar-refractivity contribution < 1.29 is 8.42 Å². The third-order valence-corrected chi connectivity index (χ3v) is 5.55. The Morgan fingerprint density at radius 1 is 1.10 bits per heavy atom. The van der Waals surface area contributed by atoms with Crippen LogP contribution in [-0.4, -0.2) is 21.0 Å². The molecule has 1 aromatic carbocycles. The predicted molar refractivity (Wildman–Crippen MR) is 87.0 cm³/mol. The first kappa shape index (κ1) is 16.3. The fourth-order valence-electron chi connectivity index (χ4n) is 2.78. The maximum Gasteiger partial charge on any atom is 0.240 e. The third-order valence-electron chi connectivity index (χ3n) is 3.88. The minimum Gasteiger partial charge on any atom is -0.385 e. The van der Waals surface area contributed by atoms with Crippen molar-refractivity contribution in [2.24, 2.45) is 5.92 Å². The predicted octanol–water partition coefficient (Wildman–Crippen LogP) is 3.37. The minimum atomic E-state index is -3.39. The highest BCUT2D eigenvalue weighted by Gasteiger charge is 2.15. The van der Waals surface area contributed by atoms with Gasteiger partial charge in [0.05, 0.1) is 4.90 Å². The average Bonchev–Trinajstić information content (AvgIpc) is 2.45. The lowest BCUT2D eigenvalue weighted by molar-refractivity contribution is 0.373. The molecule has 0 atom stereocenters. The molecule has 2 N–H and O–H groups in total. The molecule has 5 heteroatoms. The Morgan fingerprint density at radius 3 is 2.29 bits per heavy atom. The van der Waals surface area contributed by atoms with Crippen LogP contribution in [0.2, 0.25) is 0 Å². The zero-order valence-electron chi connectivity index (χ0n) is 12.9. The monoisotopic (exact) mass is 310 g/mol. The summed E-state index contributed by atoms with van der Waals surface area (Å²) in [5.74, 6) is 0.754. The Bertz CT molecular complexity index is 532. The summed E-state index contributed by atoms with van der Waals surface area (Å²) in [5, 5.41) is 3.42. The summed E-state index contributed by atoms with van der Waals surface area (Å²) in [6.07, 6.45) is 6.65. The second-order valence-corrected chi connectivity index (χ2v) is 7.90. The van der Waals surface area contributed by atoms with Gasteiger partial charge in [0.1, 0.15) is 0 Å². The van der Waals surface area contributed by atoms with Crippen molar-refractivity contribution in [3.05, 3.63) is 24.3 Å². The van der Waals surface area contributed by atoms with Crippen LogP contribution < -0.4 is 10.0 Å². The summed E-state index contributed by atoms with van der Waals surface area (Å²) in [6.45, 7) is 4.62. The Kier molecular flexibility index (Phi) is 5.65. The van der Waals surface area contributed by atoms with Crippen molar-refractivity contribution in [3.63, 3.8) is 0 Å².